The fourth-order valence-corrected chi connectivity index (χ4v) is 4.15. The second-order valence-electron chi connectivity index (χ2n) is 8.44. The third-order valence-corrected chi connectivity index (χ3v) is 6.15. The number of benzene rings is 1. The first-order valence-electron chi connectivity index (χ1n) is 11.5. The Bertz CT molecular complexity index is 875. The number of pyridine rings is 1. The summed E-state index contributed by atoms with van der Waals surface area (Å²) in [7, 11) is 2.16. The zero-order valence-electron chi connectivity index (χ0n) is 19.6. The number of hydrogen-bond acceptors (Lipinski definition) is 5. The molecule has 9 heteroatoms. The van der Waals surface area contributed by atoms with Crippen molar-refractivity contribution >= 4 is 41.4 Å². The van der Waals surface area contributed by atoms with Gasteiger partial charge in [-0.3, -0.25) is 0 Å². The van der Waals surface area contributed by atoms with Crippen molar-refractivity contribution in [2.75, 3.05) is 75.8 Å². The van der Waals surface area contributed by atoms with Crippen molar-refractivity contribution in [1.29, 1.82) is 0 Å². The lowest BCUT2D eigenvalue weighted by Gasteiger charge is -2.37. The summed E-state index contributed by atoms with van der Waals surface area (Å²) in [5.74, 6) is 1.80. The van der Waals surface area contributed by atoms with E-state index < -0.39 is 0 Å². The molecule has 4 rings (SSSR count). The Hall–Kier alpha value is -2.14. The van der Waals surface area contributed by atoms with Crippen LogP contribution in [0.25, 0.3) is 0 Å². The Balaban J connectivity index is 0.00000306. The molecule has 1 aromatic carbocycles. The van der Waals surface area contributed by atoms with E-state index in [2.05, 4.69) is 56.0 Å². The standard InChI is InChI=1S/C24H34FN7.HI/c1-3-26-24(32-16-14-30(15-17-32)22-7-5-21(25)6-8-22)28-19-20-4-9-23(27-18-20)31-12-10-29(2)11-13-31;/h4-9,18H,3,10-17,19H2,1-2H3,(H,26,28);1H. The SMILES string of the molecule is CCNC(=NCc1ccc(N2CCN(C)CC2)nc1)N1CCN(c2ccc(F)cc2)CC1.I. The molecule has 3 heterocycles. The van der Waals surface area contributed by atoms with Crippen LogP contribution in [-0.4, -0.2) is 86.7 Å². The number of aliphatic imine (C=N–C) groups is 1. The minimum Gasteiger partial charge on any atom is -0.368 e. The summed E-state index contributed by atoms with van der Waals surface area (Å²) in [5, 5.41) is 3.43. The van der Waals surface area contributed by atoms with E-state index in [9.17, 15) is 4.39 Å². The summed E-state index contributed by atoms with van der Waals surface area (Å²) in [5.41, 5.74) is 2.18. The van der Waals surface area contributed by atoms with Crippen molar-refractivity contribution in [2.24, 2.45) is 4.99 Å². The molecule has 2 saturated heterocycles. The molecule has 1 N–H and O–H groups in total. The van der Waals surface area contributed by atoms with Crippen molar-refractivity contribution < 1.29 is 4.39 Å². The molecule has 2 aliphatic heterocycles. The predicted octanol–water partition coefficient (Wildman–Crippen LogP) is 2.88. The molecular formula is C24H35FIN7. The van der Waals surface area contributed by atoms with Gasteiger partial charge in [-0.2, -0.15) is 0 Å². The highest BCUT2D eigenvalue weighted by Crippen LogP contribution is 2.17. The number of rotatable bonds is 5. The van der Waals surface area contributed by atoms with Gasteiger partial charge in [-0.05, 0) is 49.9 Å². The van der Waals surface area contributed by atoms with Gasteiger partial charge in [-0.1, -0.05) is 6.07 Å². The molecule has 0 atom stereocenters. The maximum absolute atomic E-state index is 13.2. The minimum atomic E-state index is -0.194. The van der Waals surface area contributed by atoms with Crippen LogP contribution in [0.1, 0.15) is 12.5 Å². The van der Waals surface area contributed by atoms with Crippen LogP contribution in [0, 0.1) is 5.82 Å². The highest BCUT2D eigenvalue weighted by Gasteiger charge is 2.20. The highest BCUT2D eigenvalue weighted by molar-refractivity contribution is 14.0. The fourth-order valence-electron chi connectivity index (χ4n) is 4.15. The van der Waals surface area contributed by atoms with E-state index in [1.807, 2.05) is 18.3 Å². The molecule has 1 aromatic heterocycles. The average molecular weight is 567 g/mol. The quantitative estimate of drug-likeness (QED) is 0.341. The van der Waals surface area contributed by atoms with Gasteiger partial charge in [0.2, 0.25) is 0 Å². The molecule has 2 aliphatic rings. The second-order valence-corrected chi connectivity index (χ2v) is 8.44. The van der Waals surface area contributed by atoms with Crippen LogP contribution in [0.15, 0.2) is 47.6 Å². The van der Waals surface area contributed by atoms with Gasteiger partial charge in [0.1, 0.15) is 11.6 Å². The number of nitrogens with one attached hydrogen (secondary N) is 1. The largest absolute Gasteiger partial charge is 0.368 e. The van der Waals surface area contributed by atoms with E-state index in [0.717, 1.165) is 81.9 Å². The number of hydrogen-bond donors (Lipinski definition) is 1. The maximum Gasteiger partial charge on any atom is 0.194 e. The molecule has 33 heavy (non-hydrogen) atoms. The molecule has 0 radical (unpaired) electrons. The van der Waals surface area contributed by atoms with Gasteiger partial charge in [0.05, 0.1) is 6.54 Å². The second kappa shape index (κ2) is 12.4. The van der Waals surface area contributed by atoms with Crippen LogP contribution >= 0.6 is 24.0 Å². The summed E-state index contributed by atoms with van der Waals surface area (Å²) >= 11 is 0. The molecule has 2 aromatic rings. The number of halogens is 2. The molecule has 180 valence electrons. The van der Waals surface area contributed by atoms with Crippen LogP contribution in [0.2, 0.25) is 0 Å². The normalized spacial score (nSPS) is 17.7. The van der Waals surface area contributed by atoms with E-state index in [4.69, 9.17) is 4.99 Å². The Morgan fingerprint density at radius 2 is 1.61 bits per heavy atom. The van der Waals surface area contributed by atoms with Crippen molar-refractivity contribution in [3.05, 3.63) is 54.0 Å². The van der Waals surface area contributed by atoms with E-state index >= 15 is 0 Å². The zero-order valence-corrected chi connectivity index (χ0v) is 21.9. The molecular weight excluding hydrogens is 532 g/mol. The van der Waals surface area contributed by atoms with Gasteiger partial charge < -0.3 is 24.9 Å². The Morgan fingerprint density at radius 3 is 2.21 bits per heavy atom. The first kappa shape index (κ1) is 25.5. The van der Waals surface area contributed by atoms with Crippen molar-refractivity contribution in [2.45, 2.75) is 13.5 Å². The van der Waals surface area contributed by atoms with E-state index in [1.165, 1.54) is 12.1 Å². The molecule has 0 unspecified atom stereocenters. The number of likely N-dealkylation sites (N-methyl/N-ethyl adjacent to an activating group) is 1. The smallest absolute Gasteiger partial charge is 0.194 e. The van der Waals surface area contributed by atoms with Crippen LogP contribution in [0.4, 0.5) is 15.9 Å². The maximum atomic E-state index is 13.2. The lowest BCUT2D eigenvalue weighted by molar-refractivity contribution is 0.312. The molecule has 0 saturated carbocycles. The molecule has 0 bridgehead atoms. The van der Waals surface area contributed by atoms with Crippen LogP contribution in [0.3, 0.4) is 0 Å². The van der Waals surface area contributed by atoms with Crippen molar-refractivity contribution in [3.8, 4) is 0 Å². The molecule has 0 aliphatic carbocycles. The summed E-state index contributed by atoms with van der Waals surface area (Å²) < 4.78 is 13.2. The third-order valence-electron chi connectivity index (χ3n) is 6.15. The van der Waals surface area contributed by atoms with Gasteiger partial charge in [-0.15, -0.1) is 24.0 Å². The minimum absolute atomic E-state index is 0. The van der Waals surface area contributed by atoms with Crippen LogP contribution < -0.4 is 15.1 Å². The monoisotopic (exact) mass is 567 g/mol. The van der Waals surface area contributed by atoms with Crippen LogP contribution in [-0.2, 0) is 6.54 Å². The number of aromatic nitrogens is 1. The number of guanidine groups is 1. The summed E-state index contributed by atoms with van der Waals surface area (Å²) in [6, 6.07) is 11.0. The Kier molecular flexibility index (Phi) is 9.54. The lowest BCUT2D eigenvalue weighted by atomic mass is 10.2. The molecule has 2 fully saturated rings. The van der Waals surface area contributed by atoms with E-state index in [0.29, 0.717) is 6.54 Å². The van der Waals surface area contributed by atoms with Gasteiger partial charge in [0, 0.05) is 70.8 Å². The average Bonchev–Trinajstić information content (AvgIpc) is 2.83. The Morgan fingerprint density at radius 1 is 0.939 bits per heavy atom. The number of piperazine rings is 2. The summed E-state index contributed by atoms with van der Waals surface area (Å²) in [6.45, 7) is 11.3. The first-order chi connectivity index (χ1) is 15.6. The predicted molar refractivity (Wildman–Crippen MR) is 144 cm³/mol. The van der Waals surface area contributed by atoms with Crippen LogP contribution in [0.5, 0.6) is 0 Å². The van der Waals surface area contributed by atoms with Gasteiger partial charge in [0.25, 0.3) is 0 Å². The summed E-state index contributed by atoms with van der Waals surface area (Å²) in [4.78, 5) is 18.8. The van der Waals surface area contributed by atoms with E-state index in [-0.39, 0.29) is 29.8 Å². The molecule has 0 amide bonds. The zero-order chi connectivity index (χ0) is 22.3. The Labute approximate surface area is 213 Å². The van der Waals surface area contributed by atoms with Gasteiger partial charge in [0.15, 0.2) is 5.96 Å². The lowest BCUT2D eigenvalue weighted by Crippen LogP contribution is -2.52. The van der Waals surface area contributed by atoms with Gasteiger partial charge >= 0.3 is 0 Å². The fraction of sp³-hybridized carbons (Fsp3) is 0.500. The van der Waals surface area contributed by atoms with Crippen molar-refractivity contribution in [1.82, 2.24) is 20.1 Å². The van der Waals surface area contributed by atoms with E-state index in [1.54, 1.807) is 0 Å². The summed E-state index contributed by atoms with van der Waals surface area (Å²) in [6.07, 6.45) is 1.95. The number of nitrogens with zero attached hydrogens (tertiary/aromatic N) is 6. The van der Waals surface area contributed by atoms with Gasteiger partial charge in [-0.25, -0.2) is 14.4 Å². The van der Waals surface area contributed by atoms with Crippen molar-refractivity contribution in [3.63, 3.8) is 0 Å². The topological polar surface area (TPSA) is 50.2 Å². The molecule has 0 spiro atoms. The third kappa shape index (κ3) is 6.92. The number of anilines is 2. The first-order valence-corrected chi connectivity index (χ1v) is 11.5. The molecule has 7 nitrogen and oxygen atoms in total. The highest BCUT2D eigenvalue weighted by atomic mass is 127.